The molecule has 100 valence electrons. The Balaban J connectivity index is 3.31. The third-order valence-electron chi connectivity index (χ3n) is 3.60. The fourth-order valence-corrected chi connectivity index (χ4v) is 2.46. The van der Waals surface area contributed by atoms with Crippen molar-refractivity contribution in [1.29, 1.82) is 0 Å². The molecular formula is C16H25NO. The van der Waals surface area contributed by atoms with Gasteiger partial charge in [0.2, 0.25) is 0 Å². The van der Waals surface area contributed by atoms with Crippen LogP contribution in [0.4, 0.5) is 0 Å². The second-order valence-electron chi connectivity index (χ2n) is 5.08. The molecule has 0 aliphatic heterocycles. The van der Waals surface area contributed by atoms with Crippen molar-refractivity contribution in [2.24, 2.45) is 5.73 Å². The zero-order valence-corrected chi connectivity index (χ0v) is 12.2. The minimum Gasteiger partial charge on any atom is -0.402 e. The Kier molecular flexibility index (Phi) is 4.97. The van der Waals surface area contributed by atoms with Crippen molar-refractivity contribution in [3.63, 3.8) is 0 Å². The van der Waals surface area contributed by atoms with Gasteiger partial charge in [-0.25, -0.2) is 0 Å². The molecule has 1 atom stereocenters. The highest BCUT2D eigenvalue weighted by Crippen LogP contribution is 2.28. The van der Waals surface area contributed by atoms with Crippen LogP contribution < -0.4 is 5.73 Å². The van der Waals surface area contributed by atoms with Gasteiger partial charge in [-0.3, -0.25) is 0 Å². The number of allylic oxidation sites excluding steroid dienone is 2. The van der Waals surface area contributed by atoms with Gasteiger partial charge in [-0.1, -0.05) is 19.1 Å². The molecule has 0 heterocycles. The first-order valence-corrected chi connectivity index (χ1v) is 6.59. The molecule has 0 aliphatic carbocycles. The van der Waals surface area contributed by atoms with E-state index in [4.69, 9.17) is 5.73 Å². The molecular weight excluding hydrogens is 222 g/mol. The number of nitrogens with two attached hydrogens (primary N) is 1. The highest BCUT2D eigenvalue weighted by molar-refractivity contribution is 5.43. The van der Waals surface area contributed by atoms with Gasteiger partial charge in [0.1, 0.15) is 0 Å². The monoisotopic (exact) mass is 247 g/mol. The van der Waals surface area contributed by atoms with Gasteiger partial charge >= 0.3 is 0 Å². The third kappa shape index (κ3) is 3.14. The lowest BCUT2D eigenvalue weighted by Gasteiger charge is -2.19. The smallest absolute Gasteiger partial charge is 0.0767 e. The molecule has 0 spiro atoms. The van der Waals surface area contributed by atoms with Crippen LogP contribution >= 0.6 is 0 Å². The SMILES string of the molecule is CC/C(Cc1c(C)ccc(C)c1C(C)O)=C(\C)N. The number of hydrogen-bond acceptors (Lipinski definition) is 2. The number of aliphatic hydroxyl groups excluding tert-OH is 1. The van der Waals surface area contributed by atoms with Gasteiger partial charge in [0, 0.05) is 5.70 Å². The van der Waals surface area contributed by atoms with Crippen LogP contribution in [0, 0.1) is 13.8 Å². The summed E-state index contributed by atoms with van der Waals surface area (Å²) >= 11 is 0. The average Bonchev–Trinajstić information content (AvgIpc) is 2.28. The summed E-state index contributed by atoms with van der Waals surface area (Å²) in [5, 5.41) is 9.99. The second-order valence-corrected chi connectivity index (χ2v) is 5.08. The van der Waals surface area contributed by atoms with E-state index in [2.05, 4.69) is 32.9 Å². The number of hydrogen-bond donors (Lipinski definition) is 2. The quantitative estimate of drug-likeness (QED) is 0.854. The summed E-state index contributed by atoms with van der Waals surface area (Å²) in [6.07, 6.45) is 1.36. The van der Waals surface area contributed by atoms with E-state index in [1.165, 1.54) is 16.7 Å². The number of rotatable bonds is 4. The third-order valence-corrected chi connectivity index (χ3v) is 3.60. The number of aryl methyl sites for hydroxylation is 2. The normalized spacial score (nSPS) is 14.3. The maximum absolute atomic E-state index is 9.99. The van der Waals surface area contributed by atoms with E-state index in [9.17, 15) is 5.11 Å². The maximum Gasteiger partial charge on any atom is 0.0767 e. The summed E-state index contributed by atoms with van der Waals surface area (Å²) in [4.78, 5) is 0. The Bertz CT molecular complexity index is 454. The lowest BCUT2D eigenvalue weighted by atomic mass is 9.89. The van der Waals surface area contributed by atoms with Crippen molar-refractivity contribution >= 4 is 0 Å². The highest BCUT2D eigenvalue weighted by Gasteiger charge is 2.14. The molecule has 1 aromatic carbocycles. The standard InChI is InChI=1S/C16H25NO/c1-6-14(12(4)17)9-15-10(2)7-8-11(3)16(15)13(5)18/h7-8,13,18H,6,9,17H2,1-5H3/b14-12-. The highest BCUT2D eigenvalue weighted by atomic mass is 16.3. The summed E-state index contributed by atoms with van der Waals surface area (Å²) < 4.78 is 0. The van der Waals surface area contributed by atoms with E-state index in [1.54, 1.807) is 0 Å². The molecule has 1 unspecified atom stereocenters. The molecule has 1 aromatic rings. The van der Waals surface area contributed by atoms with Gasteiger partial charge in [-0.2, -0.15) is 0 Å². The molecule has 0 amide bonds. The first-order chi connectivity index (χ1) is 8.38. The fourth-order valence-electron chi connectivity index (χ4n) is 2.46. The Morgan fingerprint density at radius 3 is 2.28 bits per heavy atom. The molecule has 2 heteroatoms. The molecule has 18 heavy (non-hydrogen) atoms. The topological polar surface area (TPSA) is 46.2 Å². The summed E-state index contributed by atoms with van der Waals surface area (Å²) in [6, 6.07) is 4.20. The molecule has 0 aromatic heterocycles. The lowest BCUT2D eigenvalue weighted by Crippen LogP contribution is -2.08. The van der Waals surface area contributed by atoms with E-state index in [0.29, 0.717) is 0 Å². The largest absolute Gasteiger partial charge is 0.402 e. The van der Waals surface area contributed by atoms with Gasteiger partial charge < -0.3 is 10.8 Å². The molecule has 1 rings (SSSR count). The molecule has 2 nitrogen and oxygen atoms in total. The van der Waals surface area contributed by atoms with Crippen molar-refractivity contribution in [2.45, 2.75) is 53.6 Å². The van der Waals surface area contributed by atoms with E-state index in [-0.39, 0.29) is 0 Å². The molecule has 3 N–H and O–H groups in total. The van der Waals surface area contributed by atoms with Crippen LogP contribution in [0.1, 0.15) is 55.5 Å². The molecule has 0 saturated carbocycles. The average molecular weight is 247 g/mol. The van der Waals surface area contributed by atoms with Crippen molar-refractivity contribution < 1.29 is 5.11 Å². The van der Waals surface area contributed by atoms with Crippen molar-refractivity contribution in [2.75, 3.05) is 0 Å². The van der Waals surface area contributed by atoms with Crippen LogP contribution in [0.3, 0.4) is 0 Å². The fraction of sp³-hybridized carbons (Fsp3) is 0.500. The van der Waals surface area contributed by atoms with Crippen molar-refractivity contribution in [1.82, 2.24) is 0 Å². The summed E-state index contributed by atoms with van der Waals surface area (Å²) in [7, 11) is 0. The predicted molar refractivity (Wildman–Crippen MR) is 77.4 cm³/mol. The summed E-state index contributed by atoms with van der Waals surface area (Å²) in [5.74, 6) is 0. The van der Waals surface area contributed by atoms with Gasteiger partial charge in [0.05, 0.1) is 6.10 Å². The Labute approximate surface area is 111 Å². The molecule has 0 aliphatic rings. The minimum absolute atomic E-state index is 0.434. The predicted octanol–water partition coefficient (Wildman–Crippen LogP) is 3.54. The first-order valence-electron chi connectivity index (χ1n) is 6.59. The van der Waals surface area contributed by atoms with Crippen LogP contribution in [-0.2, 0) is 6.42 Å². The zero-order valence-electron chi connectivity index (χ0n) is 12.2. The zero-order chi connectivity index (χ0) is 13.9. The molecule has 0 bridgehead atoms. The Morgan fingerprint density at radius 1 is 1.28 bits per heavy atom. The Hall–Kier alpha value is -1.28. The minimum atomic E-state index is -0.434. The van der Waals surface area contributed by atoms with Crippen LogP contribution in [0.15, 0.2) is 23.4 Å². The number of benzene rings is 1. The van der Waals surface area contributed by atoms with E-state index in [0.717, 1.165) is 29.7 Å². The van der Waals surface area contributed by atoms with Crippen LogP contribution in [-0.4, -0.2) is 5.11 Å². The van der Waals surface area contributed by atoms with Crippen LogP contribution in [0.2, 0.25) is 0 Å². The number of aliphatic hydroxyl groups is 1. The van der Waals surface area contributed by atoms with Gasteiger partial charge in [0.15, 0.2) is 0 Å². The van der Waals surface area contributed by atoms with Gasteiger partial charge in [-0.15, -0.1) is 0 Å². The lowest BCUT2D eigenvalue weighted by molar-refractivity contribution is 0.197. The molecule has 0 saturated heterocycles. The van der Waals surface area contributed by atoms with Crippen molar-refractivity contribution in [3.05, 3.63) is 45.7 Å². The molecule has 0 fully saturated rings. The summed E-state index contributed by atoms with van der Waals surface area (Å²) in [6.45, 7) is 10.1. The van der Waals surface area contributed by atoms with Crippen molar-refractivity contribution in [3.8, 4) is 0 Å². The maximum atomic E-state index is 9.99. The first kappa shape index (κ1) is 14.8. The van der Waals surface area contributed by atoms with E-state index < -0.39 is 6.10 Å². The Morgan fingerprint density at radius 2 is 1.83 bits per heavy atom. The van der Waals surface area contributed by atoms with Crippen LogP contribution in [0.5, 0.6) is 0 Å². The van der Waals surface area contributed by atoms with E-state index in [1.807, 2.05) is 13.8 Å². The van der Waals surface area contributed by atoms with Crippen LogP contribution in [0.25, 0.3) is 0 Å². The second kappa shape index (κ2) is 6.05. The van der Waals surface area contributed by atoms with Gasteiger partial charge in [-0.05, 0) is 68.4 Å². The molecule has 0 radical (unpaired) electrons. The van der Waals surface area contributed by atoms with Gasteiger partial charge in [0.25, 0.3) is 0 Å². The summed E-state index contributed by atoms with van der Waals surface area (Å²) in [5.41, 5.74) is 12.7. The van der Waals surface area contributed by atoms with E-state index >= 15 is 0 Å².